The summed E-state index contributed by atoms with van der Waals surface area (Å²) in [6.45, 7) is 3.80. The van der Waals surface area contributed by atoms with Crippen LogP contribution in [0.3, 0.4) is 0 Å². The Kier molecular flexibility index (Phi) is 5.95. The monoisotopic (exact) mass is 561 g/mol. The highest BCUT2D eigenvalue weighted by molar-refractivity contribution is 7.21. The summed E-state index contributed by atoms with van der Waals surface area (Å²) in [6, 6.07) is 17.3. The molecule has 0 aliphatic rings. The first-order valence-corrected chi connectivity index (χ1v) is 13.0. The first-order chi connectivity index (χ1) is 19.0. The summed E-state index contributed by atoms with van der Waals surface area (Å²) in [5.41, 5.74) is 9.71. The van der Waals surface area contributed by atoms with Crippen LogP contribution in [0.1, 0.15) is 26.5 Å². The lowest BCUT2D eigenvalue weighted by molar-refractivity contribution is -0.140. The Labute approximate surface area is 230 Å². The molecule has 3 heterocycles. The first kappa shape index (κ1) is 25.7. The number of hydrogen-bond donors (Lipinski definition) is 2. The van der Waals surface area contributed by atoms with Crippen molar-refractivity contribution in [2.45, 2.75) is 20.0 Å². The minimum absolute atomic E-state index is 0.0189. The molecule has 0 spiro atoms. The highest BCUT2D eigenvalue weighted by atomic mass is 32.1. The number of furan rings is 1. The Hall–Kier alpha value is -4.57. The van der Waals surface area contributed by atoms with Crippen molar-refractivity contribution in [3.63, 3.8) is 0 Å². The highest BCUT2D eigenvalue weighted by Gasteiger charge is 2.35. The van der Waals surface area contributed by atoms with E-state index in [2.05, 4.69) is 10.3 Å². The number of carbonyl (C=O) groups is 1. The molecule has 3 aromatic heterocycles. The Morgan fingerprint density at radius 2 is 1.77 bits per heavy atom. The number of nitrogens with one attached hydrogen (secondary N) is 1. The number of para-hydroxylation sites is 1. The molecule has 0 saturated carbocycles. The summed E-state index contributed by atoms with van der Waals surface area (Å²) in [5, 5.41) is 4.80. The Balaban J connectivity index is 1.47. The van der Waals surface area contributed by atoms with Gasteiger partial charge in [0.2, 0.25) is 0 Å². The van der Waals surface area contributed by atoms with Gasteiger partial charge in [-0.05, 0) is 54.3 Å². The lowest BCUT2D eigenvalue weighted by atomic mass is 9.97. The Morgan fingerprint density at radius 3 is 2.50 bits per heavy atom. The van der Waals surface area contributed by atoms with Crippen molar-refractivity contribution in [3.05, 3.63) is 82.4 Å². The molecule has 0 saturated heterocycles. The van der Waals surface area contributed by atoms with Gasteiger partial charge in [0.25, 0.3) is 5.91 Å². The van der Waals surface area contributed by atoms with Gasteiger partial charge in [-0.3, -0.25) is 4.79 Å². The number of hydrogen-bond acceptors (Lipinski definition) is 6. The average Bonchev–Trinajstić information content (AvgIpc) is 3.45. The van der Waals surface area contributed by atoms with Gasteiger partial charge in [0.1, 0.15) is 32.3 Å². The van der Waals surface area contributed by atoms with Crippen LogP contribution < -0.4 is 15.8 Å². The second-order valence-electron chi connectivity index (χ2n) is 9.48. The van der Waals surface area contributed by atoms with Gasteiger partial charge >= 0.3 is 6.18 Å². The van der Waals surface area contributed by atoms with E-state index in [1.165, 1.54) is 7.11 Å². The molecule has 40 heavy (non-hydrogen) atoms. The minimum atomic E-state index is -4.68. The molecule has 3 N–H and O–H groups in total. The minimum Gasteiger partial charge on any atom is -0.495 e. The number of anilines is 2. The van der Waals surface area contributed by atoms with Crippen molar-refractivity contribution >= 4 is 60.8 Å². The van der Waals surface area contributed by atoms with Crippen molar-refractivity contribution in [1.82, 2.24) is 4.98 Å². The van der Waals surface area contributed by atoms with Gasteiger partial charge in [0.15, 0.2) is 0 Å². The molecule has 202 valence electrons. The summed E-state index contributed by atoms with van der Waals surface area (Å²) in [4.78, 5) is 17.4. The molecule has 0 bridgehead atoms. The second kappa shape index (κ2) is 9.27. The Bertz CT molecular complexity index is 1970. The number of aromatic nitrogens is 1. The number of benzene rings is 3. The molecule has 0 atom stereocenters. The smallest absolute Gasteiger partial charge is 0.433 e. The largest absolute Gasteiger partial charge is 0.495 e. The third-order valence-corrected chi connectivity index (χ3v) is 8.06. The molecule has 0 aliphatic heterocycles. The maximum atomic E-state index is 13.8. The van der Waals surface area contributed by atoms with Crippen molar-refractivity contribution in [2.24, 2.45) is 0 Å². The van der Waals surface area contributed by atoms with E-state index >= 15 is 0 Å². The Morgan fingerprint density at radius 1 is 1.00 bits per heavy atom. The molecule has 1 amide bonds. The third-order valence-electron chi connectivity index (χ3n) is 6.96. The number of thiophene rings is 1. The molecule has 6 rings (SSSR count). The number of ether oxygens (including phenoxy) is 1. The number of amides is 1. The molecule has 10 heteroatoms. The van der Waals surface area contributed by atoms with Crippen LogP contribution in [0.2, 0.25) is 0 Å². The van der Waals surface area contributed by atoms with Crippen LogP contribution in [-0.4, -0.2) is 18.0 Å². The molecule has 0 unspecified atom stereocenters. The summed E-state index contributed by atoms with van der Waals surface area (Å²) in [6.07, 6.45) is -4.68. The molecule has 6 nitrogen and oxygen atoms in total. The fourth-order valence-electron chi connectivity index (χ4n) is 4.77. The van der Waals surface area contributed by atoms with E-state index in [1.54, 1.807) is 24.3 Å². The standard InChI is InChI=1S/C30H22F3N3O3S/c1-14-8-9-16(10-15(14)2)18-12-24(30(31,32)33)36-29-25(18)26(34)27(40-29)28(37)35-20-13-22-19(11-23(20)38-3)17-6-4-5-7-21(17)39-22/h4-13H,34H2,1-3H3,(H,35,37). The van der Waals surface area contributed by atoms with E-state index in [0.29, 0.717) is 33.6 Å². The summed E-state index contributed by atoms with van der Waals surface area (Å²) in [7, 11) is 1.48. The van der Waals surface area contributed by atoms with E-state index in [1.807, 2.05) is 44.2 Å². The molecule has 0 radical (unpaired) electrons. The summed E-state index contributed by atoms with van der Waals surface area (Å²) >= 11 is 0.806. The molecule has 6 aromatic rings. The number of pyridine rings is 1. The molecule has 0 fully saturated rings. The predicted octanol–water partition coefficient (Wildman–Crippen LogP) is 8.34. The number of methoxy groups -OCH3 is 1. The maximum absolute atomic E-state index is 13.8. The van der Waals surface area contributed by atoms with E-state index in [9.17, 15) is 18.0 Å². The van der Waals surface area contributed by atoms with Gasteiger partial charge in [-0.15, -0.1) is 11.3 Å². The van der Waals surface area contributed by atoms with Crippen LogP contribution in [-0.2, 0) is 6.18 Å². The summed E-state index contributed by atoms with van der Waals surface area (Å²) in [5.74, 6) is -0.214. The van der Waals surface area contributed by atoms with E-state index < -0.39 is 17.8 Å². The van der Waals surface area contributed by atoms with Gasteiger partial charge in [-0.2, -0.15) is 13.2 Å². The molecular formula is C30H22F3N3O3S. The van der Waals surface area contributed by atoms with Crippen molar-refractivity contribution in [2.75, 3.05) is 18.2 Å². The highest BCUT2D eigenvalue weighted by Crippen LogP contribution is 2.43. The van der Waals surface area contributed by atoms with Gasteiger partial charge < -0.3 is 20.2 Å². The van der Waals surface area contributed by atoms with Crippen LogP contribution in [0.4, 0.5) is 24.5 Å². The summed E-state index contributed by atoms with van der Waals surface area (Å²) < 4.78 is 52.9. The zero-order valence-electron chi connectivity index (χ0n) is 21.6. The topological polar surface area (TPSA) is 90.4 Å². The maximum Gasteiger partial charge on any atom is 0.433 e. The van der Waals surface area contributed by atoms with Crippen LogP contribution in [0.15, 0.2) is 65.1 Å². The van der Waals surface area contributed by atoms with E-state index in [0.717, 1.165) is 39.3 Å². The van der Waals surface area contributed by atoms with Crippen LogP contribution in [0.25, 0.3) is 43.3 Å². The third kappa shape index (κ3) is 4.21. The SMILES string of the molecule is COc1cc2c(cc1NC(=O)c1sc3nc(C(F)(F)F)cc(-c4ccc(C)c(C)c4)c3c1N)oc1ccccc12. The molecule has 3 aromatic carbocycles. The number of carbonyl (C=O) groups excluding carboxylic acids is 1. The van der Waals surface area contributed by atoms with E-state index in [4.69, 9.17) is 14.9 Å². The quantitative estimate of drug-likeness (QED) is 0.226. The first-order valence-electron chi connectivity index (χ1n) is 12.2. The fraction of sp³-hybridized carbons (Fsp3) is 0.133. The fourth-order valence-corrected chi connectivity index (χ4v) is 5.78. The number of nitrogen functional groups attached to an aromatic ring is 1. The van der Waals surface area contributed by atoms with Crippen molar-refractivity contribution in [3.8, 4) is 16.9 Å². The lowest BCUT2D eigenvalue weighted by Gasteiger charge is -2.12. The zero-order chi connectivity index (χ0) is 28.3. The van der Waals surface area contributed by atoms with Gasteiger partial charge in [-0.1, -0.05) is 36.4 Å². The van der Waals surface area contributed by atoms with Gasteiger partial charge in [0.05, 0.1) is 18.5 Å². The van der Waals surface area contributed by atoms with Gasteiger partial charge in [0, 0.05) is 22.2 Å². The van der Waals surface area contributed by atoms with Crippen LogP contribution >= 0.6 is 11.3 Å². The van der Waals surface area contributed by atoms with Gasteiger partial charge in [-0.25, -0.2) is 4.98 Å². The number of fused-ring (bicyclic) bond motifs is 4. The van der Waals surface area contributed by atoms with Crippen molar-refractivity contribution in [1.29, 1.82) is 0 Å². The van der Waals surface area contributed by atoms with Crippen LogP contribution in [0.5, 0.6) is 5.75 Å². The second-order valence-corrected chi connectivity index (χ2v) is 10.5. The number of alkyl halides is 3. The molecular weight excluding hydrogens is 539 g/mol. The zero-order valence-corrected chi connectivity index (χ0v) is 22.4. The number of halogens is 3. The number of rotatable bonds is 4. The van der Waals surface area contributed by atoms with Crippen LogP contribution in [0, 0.1) is 13.8 Å². The number of nitrogens with two attached hydrogens (primary N) is 1. The molecule has 0 aliphatic carbocycles. The lowest BCUT2D eigenvalue weighted by Crippen LogP contribution is -2.12. The normalized spacial score (nSPS) is 11.9. The number of aryl methyl sites for hydroxylation is 2. The predicted molar refractivity (Wildman–Crippen MR) is 152 cm³/mol. The average molecular weight is 562 g/mol. The van der Waals surface area contributed by atoms with Crippen molar-refractivity contribution < 1.29 is 27.1 Å². The number of nitrogens with zero attached hydrogens (tertiary/aromatic N) is 1. The van der Waals surface area contributed by atoms with E-state index in [-0.39, 0.29) is 21.0 Å².